The molecule has 0 aliphatic rings. The maximum atomic E-state index is 12.4. The zero-order valence-electron chi connectivity index (χ0n) is 16.7. The first kappa shape index (κ1) is 20.4. The molecular weight excluding hydrogens is 362 g/mol. The first-order valence-corrected chi connectivity index (χ1v) is 9.89. The minimum atomic E-state index is -0.161. The first-order chi connectivity index (χ1) is 14.2. The molecule has 2 aromatic carbocycles. The van der Waals surface area contributed by atoms with Gasteiger partial charge in [-0.1, -0.05) is 42.5 Å². The predicted octanol–water partition coefficient (Wildman–Crippen LogP) is 4.11. The number of hydrogen-bond acceptors (Lipinski definition) is 4. The Labute approximate surface area is 172 Å². The van der Waals surface area contributed by atoms with Crippen LogP contribution < -0.4 is 15.4 Å². The summed E-state index contributed by atoms with van der Waals surface area (Å²) < 4.78 is 5.15. The number of ether oxygens (including phenoxy) is 1. The predicted molar refractivity (Wildman–Crippen MR) is 117 cm³/mol. The molecule has 150 valence electrons. The second-order valence-corrected chi connectivity index (χ2v) is 6.80. The molecule has 0 saturated carbocycles. The van der Waals surface area contributed by atoms with Crippen LogP contribution in [0, 0.1) is 0 Å². The van der Waals surface area contributed by atoms with E-state index >= 15 is 0 Å². The summed E-state index contributed by atoms with van der Waals surface area (Å²) in [6, 6.07) is 22.0. The lowest BCUT2D eigenvalue weighted by Gasteiger charge is -2.09. The van der Waals surface area contributed by atoms with Crippen molar-refractivity contribution in [2.24, 2.45) is 0 Å². The molecule has 2 N–H and O–H groups in total. The van der Waals surface area contributed by atoms with Crippen LogP contribution in [0.5, 0.6) is 5.75 Å². The topological polar surface area (TPSA) is 63.2 Å². The number of hydrogen-bond donors (Lipinski definition) is 2. The normalized spacial score (nSPS) is 10.4. The minimum Gasteiger partial charge on any atom is -0.497 e. The van der Waals surface area contributed by atoms with Crippen LogP contribution in [0.3, 0.4) is 0 Å². The second kappa shape index (κ2) is 10.9. The smallest absolute Gasteiger partial charge is 0.269 e. The molecule has 0 atom stereocenters. The van der Waals surface area contributed by atoms with Crippen molar-refractivity contribution in [3.05, 3.63) is 89.7 Å². The van der Waals surface area contributed by atoms with Crippen molar-refractivity contribution in [1.29, 1.82) is 0 Å². The third-order valence-electron chi connectivity index (χ3n) is 4.67. The van der Waals surface area contributed by atoms with Crippen LogP contribution in [-0.4, -0.2) is 31.1 Å². The molecule has 0 aliphatic heterocycles. The van der Waals surface area contributed by atoms with Crippen molar-refractivity contribution >= 4 is 11.6 Å². The third kappa shape index (κ3) is 6.64. The van der Waals surface area contributed by atoms with Crippen molar-refractivity contribution in [3.63, 3.8) is 0 Å². The molecule has 5 nitrogen and oxygen atoms in total. The molecule has 3 aromatic rings. The van der Waals surface area contributed by atoms with Gasteiger partial charge in [0.05, 0.1) is 7.11 Å². The Morgan fingerprint density at radius 2 is 1.69 bits per heavy atom. The van der Waals surface area contributed by atoms with Crippen LogP contribution in [0.1, 0.15) is 28.0 Å². The molecule has 1 aromatic heterocycles. The Morgan fingerprint density at radius 3 is 2.45 bits per heavy atom. The summed E-state index contributed by atoms with van der Waals surface area (Å²) in [4.78, 5) is 16.6. The number of aryl methyl sites for hydroxylation is 1. The zero-order chi connectivity index (χ0) is 20.3. The fourth-order valence-electron chi connectivity index (χ4n) is 3.04. The molecule has 0 unspecified atom stereocenters. The number of benzene rings is 2. The van der Waals surface area contributed by atoms with Gasteiger partial charge in [0.1, 0.15) is 11.4 Å². The van der Waals surface area contributed by atoms with Crippen molar-refractivity contribution < 1.29 is 9.53 Å². The number of methoxy groups -OCH3 is 1. The van der Waals surface area contributed by atoms with Gasteiger partial charge < -0.3 is 15.4 Å². The standard InChI is InChI=1S/C24H27N3O2/c1-29-22-11-9-20(10-12-22)13-16-27-24(28)23-18-21(14-17-26-23)25-15-5-8-19-6-3-2-4-7-19/h2-4,6-7,9-12,14,17-18H,5,8,13,15-16H2,1H3,(H,25,26)(H,27,28). The number of nitrogens with zero attached hydrogens (tertiary/aromatic N) is 1. The summed E-state index contributed by atoms with van der Waals surface area (Å²) in [5.74, 6) is 0.668. The highest BCUT2D eigenvalue weighted by Gasteiger charge is 2.07. The molecule has 1 heterocycles. The summed E-state index contributed by atoms with van der Waals surface area (Å²) in [6.07, 6.45) is 4.47. The van der Waals surface area contributed by atoms with E-state index in [1.54, 1.807) is 19.4 Å². The number of nitrogens with one attached hydrogen (secondary N) is 2. The molecule has 0 spiro atoms. The van der Waals surface area contributed by atoms with Crippen LogP contribution in [0.2, 0.25) is 0 Å². The van der Waals surface area contributed by atoms with Gasteiger partial charge in [-0.2, -0.15) is 0 Å². The van der Waals surface area contributed by atoms with E-state index in [1.807, 2.05) is 36.4 Å². The Balaban J connectivity index is 1.42. The summed E-state index contributed by atoms with van der Waals surface area (Å²) >= 11 is 0. The van der Waals surface area contributed by atoms with Crippen LogP contribution in [-0.2, 0) is 12.8 Å². The van der Waals surface area contributed by atoms with E-state index in [4.69, 9.17) is 4.74 Å². The third-order valence-corrected chi connectivity index (χ3v) is 4.67. The summed E-state index contributed by atoms with van der Waals surface area (Å²) in [6.45, 7) is 1.40. The van der Waals surface area contributed by atoms with Gasteiger partial charge in [0, 0.05) is 25.0 Å². The molecular formula is C24H27N3O2. The van der Waals surface area contributed by atoms with Crippen molar-refractivity contribution in [1.82, 2.24) is 10.3 Å². The highest BCUT2D eigenvalue weighted by atomic mass is 16.5. The molecule has 0 fully saturated rings. The molecule has 0 aliphatic carbocycles. The van der Waals surface area contributed by atoms with Crippen molar-refractivity contribution in [2.45, 2.75) is 19.3 Å². The second-order valence-electron chi connectivity index (χ2n) is 6.80. The fraction of sp³-hybridized carbons (Fsp3) is 0.250. The molecule has 1 amide bonds. The Morgan fingerprint density at radius 1 is 0.931 bits per heavy atom. The lowest BCUT2D eigenvalue weighted by Crippen LogP contribution is -2.26. The minimum absolute atomic E-state index is 0.161. The summed E-state index contributed by atoms with van der Waals surface area (Å²) in [7, 11) is 1.65. The number of pyridine rings is 1. The van der Waals surface area contributed by atoms with E-state index in [1.165, 1.54) is 5.56 Å². The SMILES string of the molecule is COc1ccc(CCNC(=O)c2cc(NCCCc3ccccc3)ccn2)cc1. The first-order valence-electron chi connectivity index (χ1n) is 9.89. The van der Waals surface area contributed by atoms with Gasteiger partial charge in [0.25, 0.3) is 5.91 Å². The monoisotopic (exact) mass is 389 g/mol. The number of rotatable bonds is 10. The number of anilines is 1. The van der Waals surface area contributed by atoms with Gasteiger partial charge in [0.2, 0.25) is 0 Å². The van der Waals surface area contributed by atoms with E-state index in [0.29, 0.717) is 12.2 Å². The van der Waals surface area contributed by atoms with Crippen molar-refractivity contribution in [2.75, 3.05) is 25.5 Å². The highest BCUT2D eigenvalue weighted by molar-refractivity contribution is 5.93. The molecule has 5 heteroatoms. The summed E-state index contributed by atoms with van der Waals surface area (Å²) in [5, 5.41) is 6.30. The Kier molecular flexibility index (Phi) is 7.63. The number of amides is 1. The molecule has 0 bridgehead atoms. The Bertz CT molecular complexity index is 896. The fourth-order valence-corrected chi connectivity index (χ4v) is 3.04. The quantitative estimate of drug-likeness (QED) is 0.512. The van der Waals surface area contributed by atoms with Crippen LogP contribution in [0.15, 0.2) is 72.9 Å². The van der Waals surface area contributed by atoms with Gasteiger partial charge in [-0.3, -0.25) is 9.78 Å². The molecule has 3 rings (SSSR count). The number of aromatic nitrogens is 1. The number of carbonyl (C=O) groups is 1. The molecule has 0 saturated heterocycles. The average molecular weight is 389 g/mol. The van der Waals surface area contributed by atoms with E-state index in [9.17, 15) is 4.79 Å². The van der Waals surface area contributed by atoms with Gasteiger partial charge in [-0.25, -0.2) is 0 Å². The van der Waals surface area contributed by atoms with E-state index < -0.39 is 0 Å². The largest absolute Gasteiger partial charge is 0.497 e. The van der Waals surface area contributed by atoms with Gasteiger partial charge in [0.15, 0.2) is 0 Å². The molecule has 29 heavy (non-hydrogen) atoms. The van der Waals surface area contributed by atoms with Gasteiger partial charge in [-0.15, -0.1) is 0 Å². The highest BCUT2D eigenvalue weighted by Crippen LogP contribution is 2.12. The van der Waals surface area contributed by atoms with Crippen LogP contribution in [0.4, 0.5) is 5.69 Å². The van der Waals surface area contributed by atoms with Crippen LogP contribution >= 0.6 is 0 Å². The summed E-state index contributed by atoms with van der Waals surface area (Å²) in [5.41, 5.74) is 3.81. The maximum absolute atomic E-state index is 12.4. The molecule has 0 radical (unpaired) electrons. The lowest BCUT2D eigenvalue weighted by molar-refractivity contribution is 0.0949. The zero-order valence-corrected chi connectivity index (χ0v) is 16.7. The van der Waals surface area contributed by atoms with E-state index in [-0.39, 0.29) is 5.91 Å². The van der Waals surface area contributed by atoms with E-state index in [2.05, 4.69) is 39.9 Å². The maximum Gasteiger partial charge on any atom is 0.269 e. The van der Waals surface area contributed by atoms with Crippen molar-refractivity contribution in [3.8, 4) is 5.75 Å². The van der Waals surface area contributed by atoms with Gasteiger partial charge >= 0.3 is 0 Å². The average Bonchev–Trinajstić information content (AvgIpc) is 2.78. The van der Waals surface area contributed by atoms with Gasteiger partial charge in [-0.05, 0) is 54.7 Å². The lowest BCUT2D eigenvalue weighted by atomic mass is 10.1. The van der Waals surface area contributed by atoms with Crippen LogP contribution in [0.25, 0.3) is 0 Å². The Hall–Kier alpha value is -3.34. The number of carbonyl (C=O) groups excluding carboxylic acids is 1. The van der Waals surface area contributed by atoms with E-state index in [0.717, 1.165) is 42.8 Å².